The van der Waals surface area contributed by atoms with Crippen LogP contribution in [0.15, 0.2) is 60.7 Å². The second-order valence-electron chi connectivity index (χ2n) is 7.13. The molecule has 2 radical (unpaired) electrons. The largest absolute Gasteiger partial charge is 0.466 e. The van der Waals surface area contributed by atoms with Gasteiger partial charge in [-0.05, 0) is 17.0 Å². The highest BCUT2D eigenvalue weighted by atomic mass is 16.5. The van der Waals surface area contributed by atoms with Crippen LogP contribution in [0.3, 0.4) is 0 Å². The van der Waals surface area contributed by atoms with E-state index in [1.54, 1.807) is 7.11 Å². The van der Waals surface area contributed by atoms with Gasteiger partial charge >= 0.3 is 5.97 Å². The minimum Gasteiger partial charge on any atom is -0.466 e. The molecule has 0 amide bonds. The van der Waals surface area contributed by atoms with Crippen molar-refractivity contribution in [2.75, 3.05) is 26.9 Å². The Kier molecular flexibility index (Phi) is 9.25. The number of esters is 1. The number of carbonyl (C=O) groups is 1. The summed E-state index contributed by atoms with van der Waals surface area (Å²) in [7, 11) is 7.75. The zero-order valence-corrected chi connectivity index (χ0v) is 16.9. The molecule has 28 heavy (non-hydrogen) atoms. The molecule has 0 bridgehead atoms. The maximum atomic E-state index is 12.3. The topological polar surface area (TPSA) is 44.8 Å². The molecule has 4 atom stereocenters. The predicted octanol–water partition coefficient (Wildman–Crippen LogP) is 4.33. The monoisotopic (exact) mass is 380 g/mol. The highest BCUT2D eigenvalue weighted by Gasteiger charge is 2.23. The Morgan fingerprint density at radius 3 is 2.04 bits per heavy atom. The molecule has 0 aliphatic rings. The number of hydrogen-bond acceptors (Lipinski definition) is 4. The summed E-state index contributed by atoms with van der Waals surface area (Å²) >= 11 is 0. The average molecular weight is 380 g/mol. The van der Waals surface area contributed by atoms with Gasteiger partial charge in [0.05, 0.1) is 27.7 Å². The number of carbonyl (C=O) groups excluding carboxylic acids is 1. The summed E-state index contributed by atoms with van der Waals surface area (Å²) in [5.74, 6) is -1.11. The molecule has 0 saturated carbocycles. The lowest BCUT2D eigenvalue weighted by atomic mass is 9.74. The Bertz CT molecular complexity index is 692. The van der Waals surface area contributed by atoms with Crippen molar-refractivity contribution in [2.24, 2.45) is 5.92 Å². The van der Waals surface area contributed by atoms with Crippen molar-refractivity contribution < 1.29 is 19.0 Å². The van der Waals surface area contributed by atoms with Crippen molar-refractivity contribution in [3.8, 4) is 0 Å². The van der Waals surface area contributed by atoms with Crippen LogP contribution in [-0.4, -0.2) is 40.7 Å². The smallest absolute Gasteiger partial charge is 0.300 e. The van der Waals surface area contributed by atoms with Crippen molar-refractivity contribution in [1.82, 2.24) is 0 Å². The SMILES string of the molecule is [B]C(C(=O)OCC(C)COCC(OC)c1ccccc1)C(C)c1ccccc1. The lowest BCUT2D eigenvalue weighted by Crippen LogP contribution is -2.23. The lowest BCUT2D eigenvalue weighted by Gasteiger charge is -2.21. The summed E-state index contributed by atoms with van der Waals surface area (Å²) in [4.78, 5) is 12.3. The van der Waals surface area contributed by atoms with Crippen molar-refractivity contribution in [3.05, 3.63) is 71.8 Å². The minimum absolute atomic E-state index is 0.0662. The first kappa shape index (κ1) is 22.2. The van der Waals surface area contributed by atoms with E-state index in [9.17, 15) is 4.79 Å². The molecule has 2 aromatic rings. The molecule has 0 fully saturated rings. The van der Waals surface area contributed by atoms with Gasteiger partial charge in [0.2, 0.25) is 0 Å². The first-order chi connectivity index (χ1) is 13.5. The van der Waals surface area contributed by atoms with Gasteiger partial charge in [0.1, 0.15) is 6.10 Å². The zero-order valence-electron chi connectivity index (χ0n) is 16.9. The lowest BCUT2D eigenvalue weighted by molar-refractivity contribution is -0.145. The van der Waals surface area contributed by atoms with Crippen molar-refractivity contribution in [1.29, 1.82) is 0 Å². The highest BCUT2D eigenvalue weighted by molar-refractivity contribution is 6.23. The van der Waals surface area contributed by atoms with Gasteiger partial charge in [-0.1, -0.05) is 74.5 Å². The third-order valence-corrected chi connectivity index (χ3v) is 4.77. The van der Waals surface area contributed by atoms with E-state index in [2.05, 4.69) is 0 Å². The maximum Gasteiger partial charge on any atom is 0.300 e. The van der Waals surface area contributed by atoms with E-state index >= 15 is 0 Å². The van der Waals surface area contributed by atoms with Crippen LogP contribution < -0.4 is 0 Å². The molecule has 0 heterocycles. The summed E-state index contributed by atoms with van der Waals surface area (Å²) in [6.07, 6.45) is -0.115. The zero-order chi connectivity index (χ0) is 20.4. The molecule has 5 heteroatoms. The van der Waals surface area contributed by atoms with Crippen LogP contribution in [0.25, 0.3) is 0 Å². The van der Waals surface area contributed by atoms with E-state index in [1.807, 2.05) is 74.5 Å². The number of ether oxygens (including phenoxy) is 3. The van der Waals surface area contributed by atoms with Gasteiger partial charge in [0.15, 0.2) is 0 Å². The van der Waals surface area contributed by atoms with E-state index in [0.29, 0.717) is 13.2 Å². The van der Waals surface area contributed by atoms with Crippen molar-refractivity contribution in [3.63, 3.8) is 0 Å². The molecule has 0 aliphatic carbocycles. The highest BCUT2D eigenvalue weighted by Crippen LogP contribution is 2.27. The molecule has 0 saturated heterocycles. The van der Waals surface area contributed by atoms with Crippen molar-refractivity contribution >= 4 is 13.8 Å². The number of hydrogen-bond donors (Lipinski definition) is 0. The molecule has 4 unspecified atom stereocenters. The average Bonchev–Trinajstić information content (AvgIpc) is 2.75. The fourth-order valence-electron chi connectivity index (χ4n) is 2.88. The summed E-state index contributed by atoms with van der Waals surface area (Å²) in [6, 6.07) is 19.7. The Hall–Kier alpha value is -2.11. The van der Waals surface area contributed by atoms with Crippen LogP contribution in [-0.2, 0) is 19.0 Å². The number of rotatable bonds is 11. The molecular weight excluding hydrogens is 351 g/mol. The quantitative estimate of drug-likeness (QED) is 0.430. The van der Waals surface area contributed by atoms with Crippen LogP contribution in [0, 0.1) is 5.92 Å². The Labute approximate surface area is 169 Å². The molecular formula is C23H29BO4. The summed E-state index contributed by atoms with van der Waals surface area (Å²) < 4.78 is 16.7. The third kappa shape index (κ3) is 6.81. The molecule has 0 aromatic heterocycles. The minimum atomic E-state index is -0.688. The normalized spacial score (nSPS) is 15.4. The molecule has 4 nitrogen and oxygen atoms in total. The van der Waals surface area contributed by atoms with Gasteiger partial charge in [-0.2, -0.15) is 0 Å². The Morgan fingerprint density at radius 1 is 0.893 bits per heavy atom. The van der Waals surface area contributed by atoms with Crippen molar-refractivity contribution in [2.45, 2.75) is 31.7 Å². The first-order valence-electron chi connectivity index (χ1n) is 9.65. The van der Waals surface area contributed by atoms with Crippen LogP contribution in [0.2, 0.25) is 5.82 Å². The first-order valence-corrected chi connectivity index (χ1v) is 9.65. The molecule has 148 valence electrons. The van der Waals surface area contributed by atoms with E-state index < -0.39 is 5.82 Å². The van der Waals surface area contributed by atoms with Crippen LogP contribution in [0.1, 0.15) is 37.0 Å². The van der Waals surface area contributed by atoms with Gasteiger partial charge in [0.25, 0.3) is 0 Å². The molecule has 0 spiro atoms. The molecule has 0 aliphatic heterocycles. The number of benzene rings is 2. The van der Waals surface area contributed by atoms with E-state index in [4.69, 9.17) is 22.1 Å². The fraction of sp³-hybridized carbons (Fsp3) is 0.435. The van der Waals surface area contributed by atoms with Gasteiger partial charge in [-0.3, -0.25) is 4.79 Å². The van der Waals surface area contributed by atoms with E-state index in [-0.39, 0.29) is 30.5 Å². The summed E-state index contributed by atoms with van der Waals surface area (Å²) in [5.41, 5.74) is 2.10. The molecule has 2 rings (SSSR count). The molecule has 2 aromatic carbocycles. The van der Waals surface area contributed by atoms with Gasteiger partial charge in [0, 0.05) is 18.8 Å². The second kappa shape index (κ2) is 11.7. The summed E-state index contributed by atoms with van der Waals surface area (Å²) in [5, 5.41) is 0. The second-order valence-corrected chi connectivity index (χ2v) is 7.13. The fourth-order valence-corrected chi connectivity index (χ4v) is 2.88. The third-order valence-electron chi connectivity index (χ3n) is 4.77. The summed E-state index contributed by atoms with van der Waals surface area (Å²) in [6.45, 7) is 5.11. The predicted molar refractivity (Wildman–Crippen MR) is 111 cm³/mol. The molecule has 0 N–H and O–H groups in total. The number of methoxy groups -OCH3 is 1. The maximum absolute atomic E-state index is 12.3. The van der Waals surface area contributed by atoms with Gasteiger partial charge < -0.3 is 14.2 Å². The van der Waals surface area contributed by atoms with Crippen LogP contribution in [0.4, 0.5) is 0 Å². The van der Waals surface area contributed by atoms with Crippen LogP contribution in [0.5, 0.6) is 0 Å². The Balaban J connectivity index is 1.71. The van der Waals surface area contributed by atoms with Gasteiger partial charge in [-0.15, -0.1) is 0 Å². The van der Waals surface area contributed by atoms with Crippen LogP contribution >= 0.6 is 0 Å². The van der Waals surface area contributed by atoms with E-state index in [0.717, 1.165) is 11.1 Å². The standard InChI is InChI=1S/C23H29BO4/c1-17(14-27-16-21(26-3)20-12-8-5-9-13-20)15-28-23(25)22(24)18(2)19-10-6-4-7-11-19/h4-13,17-18,21-22H,14-16H2,1-3H3. The Morgan fingerprint density at radius 2 is 1.46 bits per heavy atom. The van der Waals surface area contributed by atoms with Gasteiger partial charge in [-0.25, -0.2) is 0 Å². The van der Waals surface area contributed by atoms with E-state index in [1.165, 1.54) is 0 Å².